The molecule has 6 rings (SSSR count). The predicted octanol–water partition coefficient (Wildman–Crippen LogP) is -2.40. The van der Waals surface area contributed by atoms with Gasteiger partial charge in [-0.15, -0.1) is 0 Å². The summed E-state index contributed by atoms with van der Waals surface area (Å²) in [5.74, 6) is -5.22. The summed E-state index contributed by atoms with van der Waals surface area (Å²) in [6.07, 6.45) is -9.69. The molecule has 0 aromatic rings. The second-order valence-electron chi connectivity index (χ2n) is 10.8. The van der Waals surface area contributed by atoms with Gasteiger partial charge in [-0.05, 0) is 12.3 Å². The Morgan fingerprint density at radius 1 is 0.935 bits per heavy atom. The second kappa shape index (κ2) is 4.91. The normalized spacial score (nSPS) is 61.0. The van der Waals surface area contributed by atoms with Crippen molar-refractivity contribution < 1.29 is 53.8 Å². The molecule has 6 aliphatic rings. The maximum atomic E-state index is 13.4. The molecule has 4 N–H and O–H groups in total. The highest BCUT2D eigenvalue weighted by Crippen LogP contribution is 2.84. The average molecular weight is 440 g/mol. The molecule has 11 heteroatoms. The van der Waals surface area contributed by atoms with Gasteiger partial charge in [0.1, 0.15) is 12.2 Å². The van der Waals surface area contributed by atoms with Crippen molar-refractivity contribution in [2.45, 2.75) is 75.7 Å². The minimum Gasteiger partial charge on any atom is -0.456 e. The van der Waals surface area contributed by atoms with Gasteiger partial charge in [-0.1, -0.05) is 20.8 Å². The molecule has 4 saturated heterocycles. The van der Waals surface area contributed by atoms with Crippen LogP contribution in [0.1, 0.15) is 27.7 Å². The van der Waals surface area contributed by atoms with E-state index in [0.717, 1.165) is 0 Å². The van der Waals surface area contributed by atoms with E-state index < -0.39 is 94.0 Å². The molecule has 0 aromatic heterocycles. The monoisotopic (exact) mass is 440 g/mol. The first kappa shape index (κ1) is 19.9. The van der Waals surface area contributed by atoms with Crippen LogP contribution in [-0.2, 0) is 33.3 Å². The number of aliphatic hydroxyl groups is 4. The van der Waals surface area contributed by atoms with Gasteiger partial charge in [-0.3, -0.25) is 4.79 Å². The quantitative estimate of drug-likeness (QED) is 0.234. The third kappa shape index (κ3) is 1.43. The van der Waals surface area contributed by atoms with Gasteiger partial charge in [-0.2, -0.15) is 0 Å². The van der Waals surface area contributed by atoms with Crippen LogP contribution in [0.25, 0.3) is 0 Å². The molecular formula is C20H24O11. The SMILES string of the molecule is C[C@@H]1C(=O)O[C@H]2[C@H](O)C34[C@@H]5OC(=O)[C@]3(O[C@@H]3OC(=O)[C@H](O)[C@@]34[C@H](C(C)(C)C)[C@H]5O)[C@@]12O. The number of carbonyl (C=O) groups excluding carboxylic acids is 3. The predicted molar refractivity (Wildman–Crippen MR) is 93.4 cm³/mol. The van der Waals surface area contributed by atoms with Crippen LogP contribution in [0.15, 0.2) is 0 Å². The van der Waals surface area contributed by atoms with Crippen molar-refractivity contribution in [2.24, 2.45) is 28.1 Å². The van der Waals surface area contributed by atoms with E-state index in [0.29, 0.717) is 0 Å². The van der Waals surface area contributed by atoms with Crippen molar-refractivity contribution in [3.63, 3.8) is 0 Å². The molecule has 11 nitrogen and oxygen atoms in total. The number of esters is 3. The van der Waals surface area contributed by atoms with Crippen molar-refractivity contribution in [3.8, 4) is 0 Å². The first-order valence-corrected chi connectivity index (χ1v) is 10.3. The summed E-state index contributed by atoms with van der Waals surface area (Å²) in [4.78, 5) is 38.3. The molecule has 170 valence electrons. The zero-order chi connectivity index (χ0) is 22.7. The Balaban J connectivity index is 1.75. The smallest absolute Gasteiger partial charge is 0.343 e. The molecule has 4 aliphatic heterocycles. The molecule has 31 heavy (non-hydrogen) atoms. The molecule has 0 amide bonds. The van der Waals surface area contributed by atoms with Crippen LogP contribution < -0.4 is 0 Å². The minimum absolute atomic E-state index is 0.792. The van der Waals surface area contributed by atoms with E-state index >= 15 is 0 Å². The molecule has 1 unspecified atom stereocenters. The number of ether oxygens (including phenoxy) is 4. The number of hydrogen-bond donors (Lipinski definition) is 4. The van der Waals surface area contributed by atoms with Gasteiger partial charge in [0.05, 0.1) is 22.9 Å². The fourth-order valence-corrected chi connectivity index (χ4v) is 8.27. The summed E-state index contributed by atoms with van der Waals surface area (Å²) in [5.41, 5.74) is -9.40. The van der Waals surface area contributed by atoms with E-state index in [1.54, 1.807) is 20.8 Å². The Hall–Kier alpha value is -1.79. The molecule has 6 fully saturated rings. The zero-order valence-corrected chi connectivity index (χ0v) is 17.3. The lowest BCUT2D eigenvalue weighted by Crippen LogP contribution is -2.67. The van der Waals surface area contributed by atoms with Crippen LogP contribution in [0.3, 0.4) is 0 Å². The van der Waals surface area contributed by atoms with Gasteiger partial charge >= 0.3 is 17.9 Å². The summed E-state index contributed by atoms with van der Waals surface area (Å²) in [7, 11) is 0. The van der Waals surface area contributed by atoms with Crippen LogP contribution in [0.5, 0.6) is 0 Å². The number of aliphatic hydroxyl groups excluding tert-OH is 3. The highest BCUT2D eigenvalue weighted by Gasteiger charge is 3.05. The van der Waals surface area contributed by atoms with Crippen molar-refractivity contribution >= 4 is 17.9 Å². The number of fused-ring (bicyclic) bond motifs is 1. The molecule has 2 saturated carbocycles. The first-order valence-electron chi connectivity index (χ1n) is 10.3. The summed E-state index contributed by atoms with van der Waals surface area (Å²) < 4.78 is 22.2. The van der Waals surface area contributed by atoms with Gasteiger partial charge in [0, 0.05) is 5.92 Å². The van der Waals surface area contributed by atoms with E-state index in [4.69, 9.17) is 18.9 Å². The van der Waals surface area contributed by atoms with Gasteiger partial charge in [-0.25, -0.2) is 9.59 Å². The third-order valence-electron chi connectivity index (χ3n) is 8.95. The summed E-state index contributed by atoms with van der Waals surface area (Å²) in [6.45, 7) is 6.63. The largest absolute Gasteiger partial charge is 0.456 e. The van der Waals surface area contributed by atoms with E-state index in [9.17, 15) is 34.8 Å². The molecule has 0 aromatic carbocycles. The van der Waals surface area contributed by atoms with Crippen molar-refractivity contribution in [3.05, 3.63) is 0 Å². The van der Waals surface area contributed by atoms with Crippen LogP contribution in [-0.4, -0.2) is 86.3 Å². The van der Waals surface area contributed by atoms with Gasteiger partial charge in [0.2, 0.25) is 11.9 Å². The van der Waals surface area contributed by atoms with E-state index in [-0.39, 0.29) is 0 Å². The average Bonchev–Trinajstić information content (AvgIpc) is 3.35. The number of carbonyl (C=O) groups is 3. The highest BCUT2D eigenvalue weighted by molar-refractivity contribution is 5.94. The van der Waals surface area contributed by atoms with Crippen molar-refractivity contribution in [1.82, 2.24) is 0 Å². The maximum absolute atomic E-state index is 13.4. The Morgan fingerprint density at radius 2 is 1.58 bits per heavy atom. The highest BCUT2D eigenvalue weighted by atomic mass is 16.8. The number of hydrogen-bond acceptors (Lipinski definition) is 11. The fraction of sp³-hybridized carbons (Fsp3) is 0.850. The molecule has 0 bridgehead atoms. The summed E-state index contributed by atoms with van der Waals surface area (Å²) in [6, 6.07) is 0. The van der Waals surface area contributed by atoms with E-state index in [1.807, 2.05) is 0 Å². The van der Waals surface area contributed by atoms with Gasteiger partial charge < -0.3 is 39.4 Å². The van der Waals surface area contributed by atoms with Crippen LogP contribution in [0.4, 0.5) is 0 Å². The molecule has 2 spiro atoms. The van der Waals surface area contributed by atoms with Gasteiger partial charge in [0.15, 0.2) is 17.8 Å². The zero-order valence-electron chi connectivity index (χ0n) is 17.3. The molecular weight excluding hydrogens is 416 g/mol. The number of rotatable bonds is 0. The first-order chi connectivity index (χ1) is 14.3. The Kier molecular flexibility index (Phi) is 3.15. The Labute approximate surface area is 176 Å². The van der Waals surface area contributed by atoms with Crippen molar-refractivity contribution in [2.75, 3.05) is 0 Å². The molecule has 0 radical (unpaired) electrons. The van der Waals surface area contributed by atoms with Crippen LogP contribution >= 0.6 is 0 Å². The lowest BCUT2D eigenvalue weighted by atomic mass is 9.51. The van der Waals surface area contributed by atoms with Crippen molar-refractivity contribution in [1.29, 1.82) is 0 Å². The Morgan fingerprint density at radius 3 is 2.19 bits per heavy atom. The van der Waals surface area contributed by atoms with E-state index in [1.165, 1.54) is 6.92 Å². The summed E-state index contributed by atoms with van der Waals surface area (Å²) >= 11 is 0. The third-order valence-corrected chi connectivity index (χ3v) is 8.95. The van der Waals surface area contributed by atoms with Gasteiger partial charge in [0.25, 0.3) is 0 Å². The molecule has 4 heterocycles. The lowest BCUT2D eigenvalue weighted by Gasteiger charge is -2.47. The van der Waals surface area contributed by atoms with Crippen LogP contribution in [0, 0.1) is 28.1 Å². The minimum atomic E-state index is -2.40. The maximum Gasteiger partial charge on any atom is 0.343 e. The van der Waals surface area contributed by atoms with E-state index in [2.05, 4.69) is 0 Å². The molecule has 2 aliphatic carbocycles. The van der Waals surface area contributed by atoms with Crippen LogP contribution in [0.2, 0.25) is 0 Å². The molecule has 12 atom stereocenters. The lowest BCUT2D eigenvalue weighted by molar-refractivity contribution is -0.240. The second-order valence-corrected chi connectivity index (χ2v) is 10.8. The topological polar surface area (TPSA) is 169 Å². The fourth-order valence-electron chi connectivity index (χ4n) is 8.27. The summed E-state index contributed by atoms with van der Waals surface area (Å²) in [5, 5.41) is 46.1. The standard InChI is InChI=1S/C20H24O11/c1-5-12(24)28-11-8(22)18-10-6(21)7(16(2,3)4)17(18)9(23)13(25)30-15(17)31-20(18,14(26)29-10)19(5,11)27/h5-11,15,21-23,27H,1-4H3/t5-,6-,7+,8+,9+,10-,11+,15+,17+,18?,19-,20-/m1/s1. The Bertz CT molecular complexity index is 957.